The van der Waals surface area contributed by atoms with Crippen molar-refractivity contribution >= 4 is 11.6 Å². The molecule has 0 amide bonds. The van der Waals surface area contributed by atoms with Crippen LogP contribution < -0.4 is 14.2 Å². The van der Waals surface area contributed by atoms with Gasteiger partial charge in [-0.25, -0.2) is 4.98 Å². The summed E-state index contributed by atoms with van der Waals surface area (Å²) in [4.78, 5) is 4.18. The largest absolute Gasteiger partial charge is 0.493 e. The van der Waals surface area contributed by atoms with Gasteiger partial charge in [-0.05, 0) is 17.7 Å². The summed E-state index contributed by atoms with van der Waals surface area (Å²) in [5.41, 5.74) is 0.931. The molecule has 0 aliphatic carbocycles. The molecule has 0 bridgehead atoms. The van der Waals surface area contributed by atoms with Gasteiger partial charge in [0.15, 0.2) is 11.5 Å². The molecule has 0 radical (unpaired) electrons. The molecule has 100 valence electrons. The number of ether oxygens (including phenoxy) is 3. The summed E-state index contributed by atoms with van der Waals surface area (Å²) in [7, 11) is 3.15. The number of alkyl halides is 1. The van der Waals surface area contributed by atoms with Gasteiger partial charge in [-0.3, -0.25) is 0 Å². The number of para-hydroxylation sites is 1. The van der Waals surface area contributed by atoms with E-state index < -0.39 is 0 Å². The number of benzene rings is 1. The van der Waals surface area contributed by atoms with Gasteiger partial charge >= 0.3 is 0 Å². The van der Waals surface area contributed by atoms with Crippen LogP contribution in [0.2, 0.25) is 0 Å². The highest BCUT2D eigenvalue weighted by Crippen LogP contribution is 2.39. The Morgan fingerprint density at radius 2 is 1.74 bits per heavy atom. The molecule has 1 heterocycles. The first-order valence-corrected chi connectivity index (χ1v) is 6.21. The van der Waals surface area contributed by atoms with Gasteiger partial charge in [0.2, 0.25) is 11.6 Å². The first-order valence-electron chi connectivity index (χ1n) is 5.68. The van der Waals surface area contributed by atoms with Crippen molar-refractivity contribution < 1.29 is 14.2 Å². The van der Waals surface area contributed by atoms with Crippen molar-refractivity contribution in [3.63, 3.8) is 0 Å². The van der Waals surface area contributed by atoms with Gasteiger partial charge in [0.25, 0.3) is 0 Å². The molecule has 1 aromatic carbocycles. The number of hydrogen-bond acceptors (Lipinski definition) is 4. The number of pyridine rings is 1. The molecule has 5 heteroatoms. The quantitative estimate of drug-likeness (QED) is 0.784. The molecule has 19 heavy (non-hydrogen) atoms. The van der Waals surface area contributed by atoms with Crippen molar-refractivity contribution in [2.45, 2.75) is 5.88 Å². The fraction of sp³-hybridized carbons (Fsp3) is 0.214. The van der Waals surface area contributed by atoms with Gasteiger partial charge in [-0.15, -0.1) is 11.6 Å². The third kappa shape index (κ3) is 3.09. The second-order valence-corrected chi connectivity index (χ2v) is 4.00. The molecular weight excluding hydrogens is 266 g/mol. The van der Waals surface area contributed by atoms with E-state index in [1.807, 2.05) is 12.1 Å². The van der Waals surface area contributed by atoms with Gasteiger partial charge in [-0.1, -0.05) is 12.1 Å². The molecule has 1 aromatic heterocycles. The van der Waals surface area contributed by atoms with Crippen molar-refractivity contribution in [1.82, 2.24) is 4.98 Å². The minimum Gasteiger partial charge on any atom is -0.493 e. The van der Waals surface area contributed by atoms with Crippen molar-refractivity contribution in [3.8, 4) is 23.1 Å². The molecule has 0 fully saturated rings. The van der Waals surface area contributed by atoms with Gasteiger partial charge in [0.1, 0.15) is 0 Å². The van der Waals surface area contributed by atoms with Crippen LogP contribution in [0.1, 0.15) is 5.56 Å². The molecule has 0 spiro atoms. The van der Waals surface area contributed by atoms with Gasteiger partial charge < -0.3 is 14.2 Å². The lowest BCUT2D eigenvalue weighted by molar-refractivity contribution is 0.342. The Bertz CT molecular complexity index is 521. The summed E-state index contributed by atoms with van der Waals surface area (Å²) in [5, 5.41) is 0. The highest BCUT2D eigenvalue weighted by Gasteiger charge is 2.12. The van der Waals surface area contributed by atoms with E-state index in [9.17, 15) is 0 Å². The number of halogens is 1. The van der Waals surface area contributed by atoms with E-state index in [2.05, 4.69) is 4.98 Å². The zero-order valence-electron chi connectivity index (χ0n) is 10.7. The number of rotatable bonds is 5. The molecule has 2 rings (SSSR count). The predicted molar refractivity (Wildman–Crippen MR) is 73.4 cm³/mol. The zero-order valence-corrected chi connectivity index (χ0v) is 11.5. The van der Waals surface area contributed by atoms with Crippen LogP contribution in [0.3, 0.4) is 0 Å². The normalized spacial score (nSPS) is 10.1. The van der Waals surface area contributed by atoms with Crippen LogP contribution in [0.25, 0.3) is 0 Å². The summed E-state index contributed by atoms with van der Waals surface area (Å²) >= 11 is 5.71. The van der Waals surface area contributed by atoms with Gasteiger partial charge in [0, 0.05) is 18.1 Å². The number of methoxy groups -OCH3 is 2. The monoisotopic (exact) mass is 279 g/mol. The van der Waals surface area contributed by atoms with E-state index in [1.165, 1.54) is 0 Å². The van der Waals surface area contributed by atoms with E-state index in [1.54, 1.807) is 38.6 Å². The molecule has 0 saturated carbocycles. The first-order chi connectivity index (χ1) is 9.28. The zero-order chi connectivity index (χ0) is 13.7. The second-order valence-electron chi connectivity index (χ2n) is 3.73. The molecule has 4 nitrogen and oxygen atoms in total. The van der Waals surface area contributed by atoms with Crippen molar-refractivity contribution in [3.05, 3.63) is 42.1 Å². The third-order valence-electron chi connectivity index (χ3n) is 2.54. The lowest BCUT2D eigenvalue weighted by atomic mass is 10.3. The lowest BCUT2D eigenvalue weighted by Gasteiger charge is -2.13. The summed E-state index contributed by atoms with van der Waals surface area (Å²) < 4.78 is 16.2. The average molecular weight is 280 g/mol. The Morgan fingerprint density at radius 3 is 2.21 bits per heavy atom. The first kappa shape index (κ1) is 13.5. The number of aromatic nitrogens is 1. The predicted octanol–water partition coefficient (Wildman–Crippen LogP) is 3.63. The van der Waals surface area contributed by atoms with E-state index in [-0.39, 0.29) is 0 Å². The highest BCUT2D eigenvalue weighted by molar-refractivity contribution is 6.17. The Balaban J connectivity index is 2.30. The van der Waals surface area contributed by atoms with Crippen LogP contribution in [-0.4, -0.2) is 19.2 Å². The second kappa shape index (κ2) is 6.29. The van der Waals surface area contributed by atoms with Crippen LogP contribution in [0, 0.1) is 0 Å². The Labute approximate surface area is 116 Å². The fourth-order valence-corrected chi connectivity index (χ4v) is 1.73. The standard InChI is InChI=1S/C14H14ClNO3/c1-17-11-4-3-5-12(18-2)14(11)19-13-7-6-10(8-15)9-16-13/h3-7,9H,8H2,1-2H3. The number of hydrogen-bond donors (Lipinski definition) is 0. The minimum atomic E-state index is 0.422. The maximum Gasteiger partial charge on any atom is 0.219 e. The molecular formula is C14H14ClNO3. The van der Waals surface area contributed by atoms with Crippen LogP contribution in [0.4, 0.5) is 0 Å². The smallest absolute Gasteiger partial charge is 0.219 e. The molecule has 0 N–H and O–H groups in total. The Morgan fingerprint density at radius 1 is 1.05 bits per heavy atom. The van der Waals surface area contributed by atoms with Crippen LogP contribution >= 0.6 is 11.6 Å². The molecule has 0 aliphatic rings. The highest BCUT2D eigenvalue weighted by atomic mass is 35.5. The molecule has 0 unspecified atom stereocenters. The topological polar surface area (TPSA) is 40.6 Å². The SMILES string of the molecule is COc1cccc(OC)c1Oc1ccc(CCl)cn1. The summed E-state index contributed by atoms with van der Waals surface area (Å²) in [6.45, 7) is 0. The van der Waals surface area contributed by atoms with Crippen molar-refractivity contribution in [1.29, 1.82) is 0 Å². The summed E-state index contributed by atoms with van der Waals surface area (Å²) in [6, 6.07) is 9.03. The van der Waals surface area contributed by atoms with Crippen molar-refractivity contribution in [2.75, 3.05) is 14.2 Å². The lowest BCUT2D eigenvalue weighted by Crippen LogP contribution is -1.95. The van der Waals surface area contributed by atoms with E-state index in [0.717, 1.165) is 5.56 Å². The summed E-state index contributed by atoms with van der Waals surface area (Å²) in [5.74, 6) is 2.55. The third-order valence-corrected chi connectivity index (χ3v) is 2.85. The Hall–Kier alpha value is -1.94. The number of nitrogens with zero attached hydrogens (tertiary/aromatic N) is 1. The molecule has 0 aliphatic heterocycles. The maximum atomic E-state index is 5.72. The van der Waals surface area contributed by atoms with E-state index in [0.29, 0.717) is 29.0 Å². The van der Waals surface area contributed by atoms with Gasteiger partial charge in [0.05, 0.1) is 14.2 Å². The average Bonchev–Trinajstić information content (AvgIpc) is 2.48. The Kier molecular flexibility index (Phi) is 4.47. The van der Waals surface area contributed by atoms with Gasteiger partial charge in [-0.2, -0.15) is 0 Å². The van der Waals surface area contributed by atoms with Crippen LogP contribution in [0.5, 0.6) is 23.1 Å². The molecule has 0 saturated heterocycles. The summed E-state index contributed by atoms with van der Waals surface area (Å²) in [6.07, 6.45) is 1.67. The molecule has 2 aromatic rings. The fourth-order valence-electron chi connectivity index (χ4n) is 1.57. The molecule has 0 atom stereocenters. The van der Waals surface area contributed by atoms with Crippen LogP contribution in [-0.2, 0) is 5.88 Å². The van der Waals surface area contributed by atoms with Crippen molar-refractivity contribution in [2.24, 2.45) is 0 Å². The van der Waals surface area contributed by atoms with Crippen LogP contribution in [0.15, 0.2) is 36.5 Å². The minimum absolute atomic E-state index is 0.422. The van der Waals surface area contributed by atoms with E-state index >= 15 is 0 Å². The van der Waals surface area contributed by atoms with E-state index in [4.69, 9.17) is 25.8 Å². The maximum absolute atomic E-state index is 5.72.